The fourth-order valence-corrected chi connectivity index (χ4v) is 1.92. The largest absolute Gasteiger partial charge is 0.387 e. The second-order valence-electron chi connectivity index (χ2n) is 4.07. The number of aliphatic hydroxyl groups is 1. The maximum absolute atomic E-state index is 10.1. The molecular weight excluding hydrogens is 244 g/mol. The third kappa shape index (κ3) is 3.46. The molecule has 0 amide bonds. The van der Waals surface area contributed by atoms with Crippen LogP contribution in [0.2, 0.25) is 0 Å². The summed E-state index contributed by atoms with van der Waals surface area (Å²) in [6.45, 7) is 0. The molecule has 0 aliphatic carbocycles. The molecular formula is C16H15ClO. The van der Waals surface area contributed by atoms with Gasteiger partial charge in [0.25, 0.3) is 0 Å². The highest BCUT2D eigenvalue weighted by atomic mass is 35.5. The van der Waals surface area contributed by atoms with Gasteiger partial charge in [-0.3, -0.25) is 0 Å². The Labute approximate surface area is 112 Å². The molecule has 0 saturated carbocycles. The highest BCUT2D eigenvalue weighted by Gasteiger charge is 2.14. The quantitative estimate of drug-likeness (QED) is 0.821. The number of aliphatic hydroxyl groups excluding tert-OH is 1. The van der Waals surface area contributed by atoms with Gasteiger partial charge in [0.05, 0.1) is 11.5 Å². The summed E-state index contributed by atoms with van der Waals surface area (Å²) in [4.78, 5) is 0. The lowest BCUT2D eigenvalue weighted by Gasteiger charge is -2.13. The van der Waals surface area contributed by atoms with E-state index >= 15 is 0 Å². The Kier molecular flexibility index (Phi) is 4.57. The van der Waals surface area contributed by atoms with Crippen molar-refractivity contribution in [3.8, 4) is 0 Å². The number of benzene rings is 2. The van der Waals surface area contributed by atoms with Crippen LogP contribution in [0.5, 0.6) is 0 Å². The van der Waals surface area contributed by atoms with Crippen LogP contribution in [0, 0.1) is 0 Å². The van der Waals surface area contributed by atoms with Crippen molar-refractivity contribution in [1.29, 1.82) is 0 Å². The number of hydrogen-bond donors (Lipinski definition) is 1. The van der Waals surface area contributed by atoms with E-state index in [0.29, 0.717) is 0 Å². The summed E-state index contributed by atoms with van der Waals surface area (Å²) in [5.74, 6) is 0. The Morgan fingerprint density at radius 2 is 1.44 bits per heavy atom. The van der Waals surface area contributed by atoms with Crippen molar-refractivity contribution < 1.29 is 5.11 Å². The summed E-state index contributed by atoms with van der Waals surface area (Å²) in [7, 11) is 0. The minimum atomic E-state index is -0.687. The van der Waals surface area contributed by atoms with E-state index < -0.39 is 11.5 Å². The molecule has 0 aliphatic rings. The maximum Gasteiger partial charge on any atom is 0.0988 e. The molecule has 18 heavy (non-hydrogen) atoms. The minimum absolute atomic E-state index is 0.437. The molecule has 2 rings (SSSR count). The average Bonchev–Trinajstić information content (AvgIpc) is 2.46. The molecule has 1 nitrogen and oxygen atoms in total. The van der Waals surface area contributed by atoms with Gasteiger partial charge in [0.2, 0.25) is 0 Å². The van der Waals surface area contributed by atoms with Crippen LogP contribution in [0.15, 0.2) is 66.7 Å². The van der Waals surface area contributed by atoms with Crippen LogP contribution in [0.1, 0.15) is 17.2 Å². The van der Waals surface area contributed by atoms with E-state index in [1.54, 1.807) is 0 Å². The van der Waals surface area contributed by atoms with E-state index in [-0.39, 0.29) is 0 Å². The molecule has 2 heteroatoms. The second-order valence-corrected chi connectivity index (χ2v) is 4.57. The predicted molar refractivity (Wildman–Crippen MR) is 76.5 cm³/mol. The van der Waals surface area contributed by atoms with E-state index in [9.17, 15) is 5.11 Å². The van der Waals surface area contributed by atoms with E-state index in [0.717, 1.165) is 11.1 Å². The van der Waals surface area contributed by atoms with Crippen molar-refractivity contribution in [3.05, 3.63) is 77.9 Å². The number of halogens is 1. The lowest BCUT2D eigenvalue weighted by Crippen LogP contribution is -2.09. The van der Waals surface area contributed by atoms with Gasteiger partial charge in [-0.2, -0.15) is 0 Å². The van der Waals surface area contributed by atoms with E-state index in [4.69, 9.17) is 11.6 Å². The molecule has 0 unspecified atom stereocenters. The summed E-state index contributed by atoms with van der Waals surface area (Å²) < 4.78 is 0. The van der Waals surface area contributed by atoms with Crippen LogP contribution in [0.4, 0.5) is 0 Å². The highest BCUT2D eigenvalue weighted by molar-refractivity contribution is 6.22. The molecule has 0 bridgehead atoms. The van der Waals surface area contributed by atoms with Gasteiger partial charge in [0, 0.05) is 0 Å². The molecule has 0 aromatic heterocycles. The van der Waals surface area contributed by atoms with Crippen LogP contribution < -0.4 is 0 Å². The van der Waals surface area contributed by atoms with Gasteiger partial charge in [0.15, 0.2) is 0 Å². The van der Waals surface area contributed by atoms with Gasteiger partial charge in [-0.1, -0.05) is 72.8 Å². The van der Waals surface area contributed by atoms with Crippen molar-refractivity contribution in [3.63, 3.8) is 0 Å². The molecule has 92 valence electrons. The van der Waals surface area contributed by atoms with Crippen LogP contribution in [0.25, 0.3) is 6.08 Å². The van der Waals surface area contributed by atoms with Gasteiger partial charge in [-0.15, -0.1) is 11.6 Å². The summed E-state index contributed by atoms with van der Waals surface area (Å²) in [6, 6.07) is 19.3. The Morgan fingerprint density at radius 3 is 2.06 bits per heavy atom. The molecule has 2 atom stereocenters. The van der Waals surface area contributed by atoms with Crippen molar-refractivity contribution in [2.75, 3.05) is 0 Å². The zero-order chi connectivity index (χ0) is 12.8. The molecule has 0 spiro atoms. The van der Waals surface area contributed by atoms with Crippen LogP contribution in [0.3, 0.4) is 0 Å². The third-order valence-corrected chi connectivity index (χ3v) is 3.10. The molecule has 0 heterocycles. The van der Waals surface area contributed by atoms with Crippen LogP contribution in [-0.4, -0.2) is 10.5 Å². The van der Waals surface area contributed by atoms with Crippen LogP contribution >= 0.6 is 11.6 Å². The zero-order valence-corrected chi connectivity index (χ0v) is 10.7. The van der Waals surface area contributed by atoms with Gasteiger partial charge in [-0.05, 0) is 11.1 Å². The SMILES string of the molecule is O[C@@H](c1ccccc1)[C@@H](Cl)/C=C\c1ccccc1. The molecule has 0 aliphatic heterocycles. The second kappa shape index (κ2) is 6.39. The van der Waals surface area contributed by atoms with Crippen molar-refractivity contribution in [1.82, 2.24) is 0 Å². The third-order valence-electron chi connectivity index (χ3n) is 2.71. The molecule has 2 aromatic rings. The first-order chi connectivity index (χ1) is 8.77. The van der Waals surface area contributed by atoms with E-state index in [1.165, 1.54) is 0 Å². The van der Waals surface area contributed by atoms with E-state index in [1.807, 2.05) is 72.8 Å². The predicted octanol–water partition coefficient (Wildman–Crippen LogP) is 4.04. The Bertz CT molecular complexity index is 493. The molecule has 1 N–H and O–H groups in total. The van der Waals surface area contributed by atoms with E-state index in [2.05, 4.69) is 0 Å². The number of alkyl halides is 1. The van der Waals surface area contributed by atoms with Crippen molar-refractivity contribution in [2.24, 2.45) is 0 Å². The van der Waals surface area contributed by atoms with Gasteiger partial charge in [-0.25, -0.2) is 0 Å². The molecule has 0 saturated heterocycles. The minimum Gasteiger partial charge on any atom is -0.387 e. The summed E-state index contributed by atoms with van der Waals surface area (Å²) in [6.07, 6.45) is 3.05. The van der Waals surface area contributed by atoms with Crippen molar-refractivity contribution >= 4 is 17.7 Å². The van der Waals surface area contributed by atoms with Crippen molar-refractivity contribution in [2.45, 2.75) is 11.5 Å². The summed E-state index contributed by atoms with van der Waals surface area (Å²) in [5.41, 5.74) is 1.90. The van der Waals surface area contributed by atoms with Gasteiger partial charge in [0.1, 0.15) is 0 Å². The average molecular weight is 259 g/mol. The first-order valence-corrected chi connectivity index (χ1v) is 6.31. The summed E-state index contributed by atoms with van der Waals surface area (Å²) in [5, 5.41) is 9.65. The lowest BCUT2D eigenvalue weighted by atomic mass is 10.1. The zero-order valence-electron chi connectivity index (χ0n) is 9.91. The molecule has 2 aromatic carbocycles. The highest BCUT2D eigenvalue weighted by Crippen LogP contribution is 2.22. The topological polar surface area (TPSA) is 20.2 Å². The van der Waals surface area contributed by atoms with Crippen LogP contribution in [-0.2, 0) is 0 Å². The molecule has 0 fully saturated rings. The Morgan fingerprint density at radius 1 is 0.889 bits per heavy atom. The first kappa shape index (κ1) is 12.9. The monoisotopic (exact) mass is 258 g/mol. The fourth-order valence-electron chi connectivity index (χ4n) is 1.71. The number of rotatable bonds is 4. The molecule has 0 radical (unpaired) electrons. The lowest BCUT2D eigenvalue weighted by molar-refractivity contribution is 0.185. The normalized spacial score (nSPS) is 14.6. The smallest absolute Gasteiger partial charge is 0.0988 e. The first-order valence-electron chi connectivity index (χ1n) is 5.88. The Hall–Kier alpha value is -1.57. The van der Waals surface area contributed by atoms with Gasteiger partial charge < -0.3 is 5.11 Å². The fraction of sp³-hybridized carbons (Fsp3) is 0.125. The maximum atomic E-state index is 10.1. The summed E-state index contributed by atoms with van der Waals surface area (Å²) >= 11 is 6.18. The standard InChI is InChI=1S/C16H15ClO/c17-15(12-11-13-7-3-1-4-8-13)16(18)14-9-5-2-6-10-14/h1-12,15-16,18H/b12-11-/t15-,16-/m0/s1. The number of hydrogen-bond acceptors (Lipinski definition) is 1. The Balaban J connectivity index is 2.04. The van der Waals surface area contributed by atoms with Gasteiger partial charge >= 0.3 is 0 Å².